The van der Waals surface area contributed by atoms with Gasteiger partial charge in [0.1, 0.15) is 5.82 Å². The number of nitrogens with zero attached hydrogens (tertiary/aromatic N) is 5. The summed E-state index contributed by atoms with van der Waals surface area (Å²) in [6.45, 7) is 1.95. The van der Waals surface area contributed by atoms with E-state index < -0.39 is 0 Å². The molecule has 1 aliphatic rings. The van der Waals surface area contributed by atoms with Crippen molar-refractivity contribution in [1.82, 2.24) is 24.8 Å². The van der Waals surface area contributed by atoms with Gasteiger partial charge in [-0.15, -0.1) is 0 Å². The summed E-state index contributed by atoms with van der Waals surface area (Å²) in [5.41, 5.74) is 1.91. The monoisotopic (exact) mass is 408 g/mol. The molecule has 154 valence electrons. The molecular weight excluding hydrogens is 387 g/mol. The molecule has 30 heavy (non-hydrogen) atoms. The lowest BCUT2D eigenvalue weighted by Crippen LogP contribution is -2.39. The van der Waals surface area contributed by atoms with Gasteiger partial charge in [-0.3, -0.25) is 4.79 Å². The third kappa shape index (κ3) is 4.45. The van der Waals surface area contributed by atoms with E-state index in [0.29, 0.717) is 43.9 Å². The van der Waals surface area contributed by atoms with Gasteiger partial charge in [-0.1, -0.05) is 0 Å². The molecule has 1 fully saturated rings. The van der Waals surface area contributed by atoms with E-state index in [1.165, 1.54) is 29.1 Å². The number of benzene rings is 2. The lowest BCUT2D eigenvalue weighted by atomic mass is 10.2. The van der Waals surface area contributed by atoms with Crippen LogP contribution in [0.15, 0.2) is 60.9 Å². The largest absolute Gasteiger partial charge is 0.337 e. The Kier molecular flexibility index (Phi) is 5.69. The van der Waals surface area contributed by atoms with Gasteiger partial charge in [-0.05, 0) is 55.0 Å². The topological polar surface area (TPSA) is 83.4 Å². The van der Waals surface area contributed by atoms with Crippen LogP contribution in [-0.4, -0.2) is 62.9 Å². The van der Waals surface area contributed by atoms with Crippen LogP contribution in [0.3, 0.4) is 0 Å². The van der Waals surface area contributed by atoms with Gasteiger partial charge in [0.2, 0.25) is 0 Å². The molecule has 0 radical (unpaired) electrons. The number of rotatable bonds is 3. The normalized spacial score (nSPS) is 14.3. The minimum Gasteiger partial charge on any atom is -0.337 e. The molecular formula is C21H21FN6O2. The van der Waals surface area contributed by atoms with E-state index in [0.717, 1.165) is 5.69 Å². The quantitative estimate of drug-likeness (QED) is 0.722. The molecule has 0 atom stereocenters. The Morgan fingerprint density at radius 2 is 1.47 bits per heavy atom. The average molecular weight is 408 g/mol. The summed E-state index contributed by atoms with van der Waals surface area (Å²) in [5.74, 6) is -0.528. The number of amides is 3. The molecule has 2 aromatic carbocycles. The number of urea groups is 1. The number of carbonyl (C=O) groups is 2. The first-order chi connectivity index (χ1) is 14.6. The fourth-order valence-corrected chi connectivity index (χ4v) is 3.33. The lowest BCUT2D eigenvalue weighted by molar-refractivity contribution is 0.0762. The fraction of sp³-hybridized carbons (Fsp3) is 0.238. The highest BCUT2D eigenvalue weighted by atomic mass is 19.1. The van der Waals surface area contributed by atoms with Crippen molar-refractivity contribution < 1.29 is 14.0 Å². The van der Waals surface area contributed by atoms with Gasteiger partial charge < -0.3 is 15.1 Å². The van der Waals surface area contributed by atoms with E-state index in [9.17, 15) is 14.0 Å². The van der Waals surface area contributed by atoms with E-state index in [1.54, 1.807) is 34.3 Å². The van der Waals surface area contributed by atoms with Crippen molar-refractivity contribution in [3.63, 3.8) is 0 Å². The maximum atomic E-state index is 13.1. The summed E-state index contributed by atoms with van der Waals surface area (Å²) in [5, 5.41) is 11.0. The molecule has 1 N–H and O–H groups in total. The molecule has 0 bridgehead atoms. The number of halogens is 1. The van der Waals surface area contributed by atoms with Crippen LogP contribution >= 0.6 is 0 Å². The number of hydrogen-bond acceptors (Lipinski definition) is 4. The number of hydrogen-bond donors (Lipinski definition) is 1. The van der Waals surface area contributed by atoms with Gasteiger partial charge in [-0.2, -0.15) is 15.0 Å². The molecule has 4 rings (SSSR count). The molecule has 0 aliphatic carbocycles. The van der Waals surface area contributed by atoms with E-state index in [2.05, 4.69) is 15.5 Å². The summed E-state index contributed by atoms with van der Waals surface area (Å²) in [6.07, 6.45) is 3.86. The molecule has 3 aromatic rings. The minimum absolute atomic E-state index is 0.153. The smallest absolute Gasteiger partial charge is 0.321 e. The van der Waals surface area contributed by atoms with E-state index in [1.807, 2.05) is 12.1 Å². The Balaban J connectivity index is 1.34. The molecule has 2 heterocycles. The van der Waals surface area contributed by atoms with Crippen LogP contribution in [0.25, 0.3) is 5.69 Å². The van der Waals surface area contributed by atoms with Gasteiger partial charge >= 0.3 is 6.03 Å². The van der Waals surface area contributed by atoms with Gasteiger partial charge in [0.15, 0.2) is 0 Å². The molecule has 1 saturated heterocycles. The van der Waals surface area contributed by atoms with E-state index in [4.69, 9.17) is 0 Å². The number of nitrogens with one attached hydrogen (secondary N) is 1. The third-order valence-corrected chi connectivity index (χ3v) is 4.93. The first-order valence-electron chi connectivity index (χ1n) is 9.68. The van der Waals surface area contributed by atoms with Gasteiger partial charge in [0.25, 0.3) is 5.91 Å². The standard InChI is InChI=1S/C21H21FN6O2/c22-17-4-2-16(3-5-17)20(29)26-12-1-13-27(15-14-26)21(30)25-18-6-8-19(9-7-18)28-23-10-11-24-28/h2-11H,1,12-15H2,(H,25,30). The Bertz CT molecular complexity index is 1000. The van der Waals surface area contributed by atoms with Crippen LogP contribution in [0.4, 0.5) is 14.9 Å². The van der Waals surface area contributed by atoms with Crippen LogP contribution in [0.1, 0.15) is 16.8 Å². The Morgan fingerprint density at radius 1 is 0.833 bits per heavy atom. The first-order valence-corrected chi connectivity index (χ1v) is 9.68. The highest BCUT2D eigenvalue weighted by molar-refractivity contribution is 5.94. The zero-order chi connectivity index (χ0) is 20.9. The molecule has 0 saturated carbocycles. The van der Waals surface area contributed by atoms with Crippen LogP contribution in [0.2, 0.25) is 0 Å². The highest BCUT2D eigenvalue weighted by Gasteiger charge is 2.23. The van der Waals surface area contributed by atoms with Crippen LogP contribution in [-0.2, 0) is 0 Å². The van der Waals surface area contributed by atoms with Crippen LogP contribution in [0, 0.1) is 5.82 Å². The van der Waals surface area contributed by atoms with Crippen molar-refractivity contribution >= 4 is 17.6 Å². The summed E-state index contributed by atoms with van der Waals surface area (Å²) in [6, 6.07) is 12.5. The summed E-state index contributed by atoms with van der Waals surface area (Å²) in [4.78, 5) is 30.2. The number of aromatic nitrogens is 3. The van der Waals surface area contributed by atoms with Gasteiger partial charge in [0, 0.05) is 37.4 Å². The Labute approximate surface area is 172 Å². The second-order valence-corrected chi connectivity index (χ2v) is 6.94. The zero-order valence-corrected chi connectivity index (χ0v) is 16.2. The molecule has 3 amide bonds. The first kappa shape index (κ1) is 19.6. The maximum absolute atomic E-state index is 13.1. The molecule has 1 aliphatic heterocycles. The Morgan fingerprint density at radius 3 is 2.17 bits per heavy atom. The molecule has 0 spiro atoms. The van der Waals surface area contributed by atoms with E-state index >= 15 is 0 Å². The second kappa shape index (κ2) is 8.73. The molecule has 8 nitrogen and oxygen atoms in total. The van der Waals surface area contributed by atoms with Gasteiger partial charge in [-0.25, -0.2) is 9.18 Å². The lowest BCUT2D eigenvalue weighted by Gasteiger charge is -2.22. The molecule has 9 heteroatoms. The summed E-state index contributed by atoms with van der Waals surface area (Å²) < 4.78 is 13.1. The maximum Gasteiger partial charge on any atom is 0.321 e. The predicted octanol–water partition coefficient (Wildman–Crippen LogP) is 2.79. The van der Waals surface area contributed by atoms with Crippen molar-refractivity contribution in [2.75, 3.05) is 31.5 Å². The summed E-state index contributed by atoms with van der Waals surface area (Å²) in [7, 11) is 0. The second-order valence-electron chi connectivity index (χ2n) is 6.94. The van der Waals surface area contributed by atoms with Gasteiger partial charge in [0.05, 0.1) is 18.1 Å². The van der Waals surface area contributed by atoms with Crippen molar-refractivity contribution in [3.05, 3.63) is 72.3 Å². The third-order valence-electron chi connectivity index (χ3n) is 4.93. The van der Waals surface area contributed by atoms with Crippen molar-refractivity contribution in [2.45, 2.75) is 6.42 Å². The van der Waals surface area contributed by atoms with Crippen LogP contribution in [0.5, 0.6) is 0 Å². The minimum atomic E-state index is -0.376. The van der Waals surface area contributed by atoms with Crippen molar-refractivity contribution in [3.8, 4) is 5.69 Å². The highest BCUT2D eigenvalue weighted by Crippen LogP contribution is 2.14. The fourth-order valence-electron chi connectivity index (χ4n) is 3.33. The zero-order valence-electron chi connectivity index (χ0n) is 16.2. The van der Waals surface area contributed by atoms with E-state index in [-0.39, 0.29) is 17.8 Å². The number of carbonyl (C=O) groups excluding carboxylic acids is 2. The van der Waals surface area contributed by atoms with Crippen molar-refractivity contribution in [1.29, 1.82) is 0 Å². The van der Waals surface area contributed by atoms with Crippen LogP contribution < -0.4 is 5.32 Å². The molecule has 1 aromatic heterocycles. The van der Waals surface area contributed by atoms with Crippen molar-refractivity contribution in [2.24, 2.45) is 0 Å². The SMILES string of the molecule is O=C(Nc1ccc(-n2nccn2)cc1)N1CCCN(C(=O)c2ccc(F)cc2)CC1. The molecule has 0 unspecified atom stereocenters. The summed E-state index contributed by atoms with van der Waals surface area (Å²) >= 11 is 0. The predicted molar refractivity (Wildman–Crippen MR) is 109 cm³/mol. The Hall–Kier alpha value is -3.75. The average Bonchev–Trinajstić information content (AvgIpc) is 3.18. The number of anilines is 1.